The minimum absolute atomic E-state index is 0.0695. The molecule has 3 aliphatic rings. The van der Waals surface area contributed by atoms with E-state index in [-0.39, 0.29) is 29.9 Å². The van der Waals surface area contributed by atoms with Gasteiger partial charge in [0, 0.05) is 18.3 Å². The zero-order valence-corrected chi connectivity index (χ0v) is 19.3. The van der Waals surface area contributed by atoms with Crippen molar-refractivity contribution >= 4 is 29.8 Å². The minimum Gasteiger partial charge on any atom is -0.453 e. The van der Waals surface area contributed by atoms with Gasteiger partial charge in [-0.05, 0) is 62.3 Å². The first kappa shape index (κ1) is 22.1. The average molecular weight is 465 g/mol. The van der Waals surface area contributed by atoms with Gasteiger partial charge in [-0.2, -0.15) is 5.10 Å². The summed E-state index contributed by atoms with van der Waals surface area (Å²) in [7, 11) is 1.27. The molecule has 2 heterocycles. The quantitative estimate of drug-likeness (QED) is 0.543. The summed E-state index contributed by atoms with van der Waals surface area (Å²) < 4.78 is 6.40. The number of anilines is 1. The number of nitrogens with zero attached hydrogens (tertiary/aromatic N) is 3. The van der Waals surface area contributed by atoms with Crippen LogP contribution in [0, 0.1) is 16.7 Å². The molecule has 0 unspecified atom stereocenters. The van der Waals surface area contributed by atoms with Gasteiger partial charge in [0.05, 0.1) is 36.6 Å². The summed E-state index contributed by atoms with van der Waals surface area (Å²) in [5.41, 5.74) is 2.40. The Morgan fingerprint density at radius 2 is 2.06 bits per heavy atom. The van der Waals surface area contributed by atoms with Crippen LogP contribution in [0.4, 0.5) is 10.5 Å². The number of fused-ring (bicyclic) bond motifs is 1. The number of hydrogen-bond acceptors (Lipinski definition) is 6. The Hall–Kier alpha value is -3.69. The van der Waals surface area contributed by atoms with E-state index >= 15 is 0 Å². The van der Waals surface area contributed by atoms with Crippen LogP contribution in [0.15, 0.2) is 24.3 Å². The molecule has 2 saturated carbocycles. The van der Waals surface area contributed by atoms with Gasteiger partial charge in [0.1, 0.15) is 5.69 Å². The molecule has 0 bridgehead atoms. The second-order valence-electron chi connectivity index (χ2n) is 9.40. The summed E-state index contributed by atoms with van der Waals surface area (Å²) >= 11 is 0. The normalized spacial score (nSPS) is 20.4. The number of ether oxygens (including phenoxy) is 1. The van der Waals surface area contributed by atoms with Gasteiger partial charge < -0.3 is 20.4 Å². The SMILES string of the molecule is COC(=O)Nc1cc(C=N)ccc1-c1cc2n(n1)[C@@H](C)CN(CNC(=O)C1(C3CC3)CC1)C2=O. The van der Waals surface area contributed by atoms with Crippen molar-refractivity contribution in [1.82, 2.24) is 20.0 Å². The zero-order valence-electron chi connectivity index (χ0n) is 19.3. The first-order valence-corrected chi connectivity index (χ1v) is 11.5. The zero-order chi connectivity index (χ0) is 24.0. The fourth-order valence-corrected chi connectivity index (χ4v) is 4.87. The lowest BCUT2D eigenvalue weighted by Crippen LogP contribution is -2.49. The molecule has 10 heteroatoms. The van der Waals surface area contributed by atoms with E-state index < -0.39 is 6.09 Å². The molecule has 1 aliphatic heterocycles. The van der Waals surface area contributed by atoms with Gasteiger partial charge in [-0.1, -0.05) is 6.07 Å². The Kier molecular flexibility index (Phi) is 5.38. The molecule has 3 amide bonds. The molecule has 34 heavy (non-hydrogen) atoms. The molecule has 2 aromatic rings. The van der Waals surface area contributed by atoms with Crippen molar-refractivity contribution in [3.05, 3.63) is 35.5 Å². The van der Waals surface area contributed by atoms with Gasteiger partial charge in [-0.15, -0.1) is 0 Å². The third-order valence-corrected chi connectivity index (χ3v) is 7.08. The average Bonchev–Trinajstić information content (AvgIpc) is 3.76. The van der Waals surface area contributed by atoms with Gasteiger partial charge in [-0.25, -0.2) is 4.79 Å². The molecule has 178 valence electrons. The van der Waals surface area contributed by atoms with Gasteiger partial charge in [0.2, 0.25) is 5.91 Å². The van der Waals surface area contributed by atoms with Gasteiger partial charge >= 0.3 is 6.09 Å². The van der Waals surface area contributed by atoms with Crippen LogP contribution in [0.25, 0.3) is 11.3 Å². The number of benzene rings is 1. The number of rotatable bonds is 7. The maximum atomic E-state index is 13.2. The predicted molar refractivity (Wildman–Crippen MR) is 125 cm³/mol. The van der Waals surface area contributed by atoms with Crippen LogP contribution in [-0.4, -0.2) is 59.1 Å². The second kappa shape index (κ2) is 8.27. The van der Waals surface area contributed by atoms with E-state index in [0.717, 1.165) is 25.7 Å². The van der Waals surface area contributed by atoms with E-state index in [9.17, 15) is 14.4 Å². The molecule has 5 rings (SSSR count). The first-order chi connectivity index (χ1) is 16.4. The summed E-state index contributed by atoms with van der Waals surface area (Å²) in [5, 5.41) is 17.8. The van der Waals surface area contributed by atoms with E-state index in [1.165, 1.54) is 13.3 Å². The van der Waals surface area contributed by atoms with Crippen LogP contribution in [0.5, 0.6) is 0 Å². The minimum atomic E-state index is -0.640. The van der Waals surface area contributed by atoms with E-state index in [1.807, 2.05) is 6.92 Å². The fourth-order valence-electron chi connectivity index (χ4n) is 4.87. The molecule has 0 spiro atoms. The molecule has 3 N–H and O–H groups in total. The number of carbonyl (C=O) groups excluding carboxylic acids is 3. The maximum Gasteiger partial charge on any atom is 0.411 e. The standard InChI is InChI=1S/C24H28N6O4/c1-14-12-29(13-26-22(32)24(7-8-24)16-4-5-16)21(31)20-10-19(28-30(14)20)17-6-3-15(11-25)9-18(17)27-23(33)34-2/h3,6,9-11,14,16,25H,4-5,7-8,12-13H2,1-2H3,(H,26,32)(H,27,33)/t14-/m0/s1. The molecule has 1 aromatic carbocycles. The van der Waals surface area contributed by atoms with Crippen molar-refractivity contribution in [1.29, 1.82) is 5.41 Å². The smallest absolute Gasteiger partial charge is 0.411 e. The highest BCUT2D eigenvalue weighted by Crippen LogP contribution is 2.61. The van der Waals surface area contributed by atoms with Gasteiger partial charge in [-0.3, -0.25) is 19.6 Å². The molecule has 2 aliphatic carbocycles. The first-order valence-electron chi connectivity index (χ1n) is 11.5. The lowest BCUT2D eigenvalue weighted by Gasteiger charge is -2.32. The van der Waals surface area contributed by atoms with Gasteiger partial charge in [0.25, 0.3) is 5.91 Å². The number of carbonyl (C=O) groups is 3. The summed E-state index contributed by atoms with van der Waals surface area (Å²) in [6.07, 6.45) is 4.69. The topological polar surface area (TPSA) is 129 Å². The lowest BCUT2D eigenvalue weighted by molar-refractivity contribution is -0.127. The predicted octanol–water partition coefficient (Wildman–Crippen LogP) is 3.01. The van der Waals surface area contributed by atoms with Crippen molar-refractivity contribution in [2.24, 2.45) is 11.3 Å². The maximum absolute atomic E-state index is 13.2. The van der Waals surface area contributed by atoms with E-state index in [0.29, 0.717) is 40.7 Å². The van der Waals surface area contributed by atoms with Gasteiger partial charge in [0.15, 0.2) is 0 Å². The summed E-state index contributed by atoms with van der Waals surface area (Å²) in [6, 6.07) is 6.75. The van der Waals surface area contributed by atoms with E-state index in [1.54, 1.807) is 33.8 Å². The summed E-state index contributed by atoms with van der Waals surface area (Å²) in [6.45, 7) is 2.59. The molecule has 10 nitrogen and oxygen atoms in total. The third-order valence-electron chi connectivity index (χ3n) is 7.08. The van der Waals surface area contributed by atoms with Crippen molar-refractivity contribution in [3.8, 4) is 11.3 Å². The Labute approximate surface area is 197 Å². The summed E-state index contributed by atoms with van der Waals surface area (Å²) in [5.74, 6) is 0.381. The summed E-state index contributed by atoms with van der Waals surface area (Å²) in [4.78, 5) is 39.5. The fraction of sp³-hybridized carbons (Fsp3) is 0.458. The van der Waals surface area contributed by atoms with E-state index in [4.69, 9.17) is 10.1 Å². The third kappa shape index (κ3) is 3.82. The monoisotopic (exact) mass is 464 g/mol. The Morgan fingerprint density at radius 3 is 2.71 bits per heavy atom. The van der Waals surface area contributed by atoms with Crippen molar-refractivity contribution in [2.45, 2.75) is 38.6 Å². The van der Waals surface area contributed by atoms with Crippen LogP contribution in [0.1, 0.15) is 54.7 Å². The van der Waals surface area contributed by atoms with Crippen LogP contribution in [0.3, 0.4) is 0 Å². The largest absolute Gasteiger partial charge is 0.453 e. The number of methoxy groups -OCH3 is 1. The Balaban J connectivity index is 1.37. The molecule has 0 saturated heterocycles. The van der Waals surface area contributed by atoms with Crippen LogP contribution >= 0.6 is 0 Å². The Morgan fingerprint density at radius 1 is 1.29 bits per heavy atom. The molecule has 2 fully saturated rings. The lowest BCUT2D eigenvalue weighted by atomic mass is 10.00. The van der Waals surface area contributed by atoms with Crippen molar-refractivity contribution in [2.75, 3.05) is 25.6 Å². The highest BCUT2D eigenvalue weighted by Gasteiger charge is 2.59. The number of nitrogens with one attached hydrogen (secondary N) is 3. The van der Waals surface area contributed by atoms with Crippen LogP contribution < -0.4 is 10.6 Å². The highest BCUT2D eigenvalue weighted by molar-refractivity contribution is 5.97. The number of hydrogen-bond donors (Lipinski definition) is 3. The van der Waals surface area contributed by atoms with Crippen molar-refractivity contribution in [3.63, 3.8) is 0 Å². The Bertz CT molecular complexity index is 1180. The second-order valence-corrected chi connectivity index (χ2v) is 9.40. The highest BCUT2D eigenvalue weighted by atomic mass is 16.5. The molecule has 1 atom stereocenters. The number of amides is 3. The molecular formula is C24H28N6O4. The van der Waals surface area contributed by atoms with Crippen LogP contribution in [-0.2, 0) is 9.53 Å². The van der Waals surface area contributed by atoms with E-state index in [2.05, 4.69) is 15.7 Å². The van der Waals surface area contributed by atoms with Crippen LogP contribution in [0.2, 0.25) is 0 Å². The molecule has 1 aromatic heterocycles. The van der Waals surface area contributed by atoms with Crippen molar-refractivity contribution < 1.29 is 19.1 Å². The number of aromatic nitrogens is 2. The molecular weight excluding hydrogens is 436 g/mol. The molecule has 0 radical (unpaired) electrons.